The molecule has 37 heavy (non-hydrogen) atoms. The third kappa shape index (κ3) is 4.09. The molecule has 10 heteroatoms. The number of rotatable bonds is 5. The van der Waals surface area contributed by atoms with Gasteiger partial charge in [0.1, 0.15) is 17.3 Å². The van der Waals surface area contributed by atoms with Gasteiger partial charge in [0.15, 0.2) is 11.4 Å². The van der Waals surface area contributed by atoms with Crippen molar-refractivity contribution in [3.8, 4) is 6.07 Å². The summed E-state index contributed by atoms with van der Waals surface area (Å²) in [5.41, 5.74) is 3.66. The van der Waals surface area contributed by atoms with Crippen LogP contribution in [0.3, 0.4) is 0 Å². The number of fused-ring (bicyclic) bond motifs is 2. The second-order valence-electron chi connectivity index (χ2n) is 9.76. The highest BCUT2D eigenvalue weighted by Gasteiger charge is 2.37. The van der Waals surface area contributed by atoms with Gasteiger partial charge in [-0.3, -0.25) is 14.0 Å². The Morgan fingerprint density at radius 3 is 2.49 bits per heavy atom. The van der Waals surface area contributed by atoms with E-state index in [-0.39, 0.29) is 29.6 Å². The number of aryl methyl sites for hydroxylation is 2. The third-order valence-corrected chi connectivity index (χ3v) is 7.80. The SMILES string of the molecule is CC[C@H]1CN(C(C)c2ccc3oc(=O)n(C)c3c2)[C@H](CC)CN1c1nc(=O)n(C)c2ccc(C#N)nc12. The number of anilines is 1. The van der Waals surface area contributed by atoms with Crippen molar-refractivity contribution in [2.24, 2.45) is 14.1 Å². The fraction of sp³-hybridized carbons (Fsp3) is 0.444. The van der Waals surface area contributed by atoms with Crippen molar-refractivity contribution in [2.75, 3.05) is 18.0 Å². The first-order valence-corrected chi connectivity index (χ1v) is 12.7. The molecule has 1 fully saturated rings. The minimum Gasteiger partial charge on any atom is -0.408 e. The molecule has 1 aliphatic rings. The van der Waals surface area contributed by atoms with Crippen LogP contribution >= 0.6 is 0 Å². The fourth-order valence-electron chi connectivity index (χ4n) is 5.48. The van der Waals surface area contributed by atoms with E-state index in [9.17, 15) is 14.9 Å². The van der Waals surface area contributed by atoms with Gasteiger partial charge < -0.3 is 9.32 Å². The lowest BCUT2D eigenvalue weighted by atomic mass is 9.97. The van der Waals surface area contributed by atoms with Crippen molar-refractivity contribution in [3.63, 3.8) is 0 Å². The van der Waals surface area contributed by atoms with Crippen LogP contribution in [0.25, 0.3) is 22.1 Å². The Bertz CT molecular complexity index is 1640. The molecule has 4 aromatic rings. The van der Waals surface area contributed by atoms with Crippen LogP contribution in [-0.4, -0.2) is 49.2 Å². The summed E-state index contributed by atoms with van der Waals surface area (Å²) in [5.74, 6) is 0.176. The lowest BCUT2D eigenvalue weighted by Gasteiger charge is -2.49. The van der Waals surface area contributed by atoms with Crippen LogP contribution in [0.15, 0.2) is 44.3 Å². The molecule has 3 atom stereocenters. The van der Waals surface area contributed by atoms with Crippen LogP contribution in [0.4, 0.5) is 5.82 Å². The zero-order chi connectivity index (χ0) is 26.4. The van der Waals surface area contributed by atoms with Gasteiger partial charge in [0, 0.05) is 45.3 Å². The monoisotopic (exact) mass is 501 g/mol. The summed E-state index contributed by atoms with van der Waals surface area (Å²) in [6.45, 7) is 7.95. The highest BCUT2D eigenvalue weighted by molar-refractivity contribution is 5.86. The van der Waals surface area contributed by atoms with E-state index in [0.29, 0.717) is 34.7 Å². The summed E-state index contributed by atoms with van der Waals surface area (Å²) in [5, 5.41) is 9.44. The van der Waals surface area contributed by atoms with Gasteiger partial charge in [0.25, 0.3) is 0 Å². The van der Waals surface area contributed by atoms with Crippen molar-refractivity contribution in [3.05, 3.63) is 62.6 Å². The number of benzene rings is 1. The van der Waals surface area contributed by atoms with Crippen molar-refractivity contribution in [1.29, 1.82) is 5.26 Å². The molecule has 1 saturated heterocycles. The van der Waals surface area contributed by atoms with Crippen molar-refractivity contribution < 1.29 is 4.42 Å². The van der Waals surface area contributed by atoms with Gasteiger partial charge in [-0.25, -0.2) is 14.6 Å². The Morgan fingerprint density at radius 2 is 1.78 bits per heavy atom. The molecule has 4 heterocycles. The van der Waals surface area contributed by atoms with Crippen molar-refractivity contribution in [1.82, 2.24) is 24.0 Å². The first-order valence-electron chi connectivity index (χ1n) is 12.7. The van der Waals surface area contributed by atoms with Crippen LogP contribution in [0.2, 0.25) is 0 Å². The van der Waals surface area contributed by atoms with E-state index >= 15 is 0 Å². The van der Waals surface area contributed by atoms with E-state index in [1.54, 1.807) is 26.2 Å². The molecule has 0 bridgehead atoms. The molecule has 1 aromatic carbocycles. The molecule has 5 rings (SSSR count). The fourth-order valence-corrected chi connectivity index (χ4v) is 5.48. The Labute approximate surface area is 214 Å². The molecular weight excluding hydrogens is 470 g/mol. The molecule has 192 valence electrons. The van der Waals surface area contributed by atoms with E-state index in [1.807, 2.05) is 18.2 Å². The summed E-state index contributed by atoms with van der Waals surface area (Å²) in [6, 6.07) is 11.8. The molecule has 0 aliphatic carbocycles. The Kier molecular flexibility index (Phi) is 6.33. The predicted molar refractivity (Wildman–Crippen MR) is 142 cm³/mol. The van der Waals surface area contributed by atoms with E-state index in [1.165, 1.54) is 9.13 Å². The van der Waals surface area contributed by atoms with E-state index < -0.39 is 0 Å². The lowest BCUT2D eigenvalue weighted by Crippen LogP contribution is -2.59. The van der Waals surface area contributed by atoms with Gasteiger partial charge in [0.2, 0.25) is 0 Å². The molecule has 10 nitrogen and oxygen atoms in total. The second kappa shape index (κ2) is 9.48. The first-order chi connectivity index (χ1) is 17.8. The molecule has 0 amide bonds. The summed E-state index contributed by atoms with van der Waals surface area (Å²) >= 11 is 0. The maximum absolute atomic E-state index is 12.8. The Morgan fingerprint density at radius 1 is 1.03 bits per heavy atom. The largest absolute Gasteiger partial charge is 0.419 e. The van der Waals surface area contributed by atoms with E-state index in [0.717, 1.165) is 30.5 Å². The number of hydrogen-bond acceptors (Lipinski definition) is 8. The average molecular weight is 502 g/mol. The zero-order valence-electron chi connectivity index (χ0n) is 21.8. The van der Waals surface area contributed by atoms with Crippen LogP contribution in [0.1, 0.15) is 50.9 Å². The van der Waals surface area contributed by atoms with Gasteiger partial charge in [-0.15, -0.1) is 0 Å². The standard InChI is InChI=1S/C27H31N7O3/c1-6-19-15-34(25-24-21(31(4)26(35)30-25)10-9-18(13-28)29-24)20(7-2)14-33(19)16(3)17-8-11-23-22(12-17)32(5)27(36)37-23/h8-12,16,19-20H,6-7,14-15H2,1-5H3/t16?,19-,20+/m1/s1. The topological polar surface area (TPSA) is 113 Å². The molecule has 0 N–H and O–H groups in total. The number of piperazine rings is 1. The van der Waals surface area contributed by atoms with Gasteiger partial charge >= 0.3 is 11.4 Å². The van der Waals surface area contributed by atoms with Gasteiger partial charge in [-0.05, 0) is 49.6 Å². The van der Waals surface area contributed by atoms with Crippen LogP contribution in [0, 0.1) is 11.3 Å². The maximum Gasteiger partial charge on any atom is 0.419 e. The maximum atomic E-state index is 12.8. The second-order valence-corrected chi connectivity index (χ2v) is 9.76. The molecule has 0 radical (unpaired) electrons. The minimum absolute atomic E-state index is 0.0996. The number of oxazole rings is 1. The molecule has 3 aromatic heterocycles. The van der Waals surface area contributed by atoms with Crippen LogP contribution in [-0.2, 0) is 14.1 Å². The minimum atomic E-state index is -0.368. The lowest BCUT2D eigenvalue weighted by molar-refractivity contribution is 0.101. The molecule has 0 spiro atoms. The number of aromatic nitrogens is 4. The first kappa shape index (κ1) is 24.7. The number of nitriles is 1. The Balaban J connectivity index is 1.54. The average Bonchev–Trinajstić information content (AvgIpc) is 3.21. The number of hydrogen-bond donors (Lipinski definition) is 0. The van der Waals surface area contributed by atoms with E-state index in [4.69, 9.17) is 4.42 Å². The highest BCUT2D eigenvalue weighted by atomic mass is 16.4. The smallest absolute Gasteiger partial charge is 0.408 e. The van der Waals surface area contributed by atoms with Gasteiger partial charge in [0.05, 0.1) is 11.0 Å². The molecular formula is C27H31N7O3. The van der Waals surface area contributed by atoms with E-state index in [2.05, 4.69) is 46.6 Å². The molecule has 0 saturated carbocycles. The van der Waals surface area contributed by atoms with Gasteiger partial charge in [-0.1, -0.05) is 19.9 Å². The Hall–Kier alpha value is -3.97. The summed E-state index contributed by atoms with van der Waals surface area (Å²) < 4.78 is 8.32. The van der Waals surface area contributed by atoms with Crippen molar-refractivity contribution in [2.45, 2.75) is 51.7 Å². The molecule has 1 aliphatic heterocycles. The van der Waals surface area contributed by atoms with Crippen LogP contribution < -0.4 is 16.3 Å². The zero-order valence-corrected chi connectivity index (χ0v) is 21.8. The quantitative estimate of drug-likeness (QED) is 0.410. The van der Waals surface area contributed by atoms with Gasteiger partial charge in [-0.2, -0.15) is 10.2 Å². The van der Waals surface area contributed by atoms with Crippen molar-refractivity contribution >= 4 is 28.0 Å². The summed E-state index contributed by atoms with van der Waals surface area (Å²) in [4.78, 5) is 38.5. The van der Waals surface area contributed by atoms with Crippen LogP contribution in [0.5, 0.6) is 0 Å². The normalized spacial score (nSPS) is 19.4. The number of pyridine rings is 1. The summed E-state index contributed by atoms with van der Waals surface area (Å²) in [7, 11) is 3.39. The summed E-state index contributed by atoms with van der Waals surface area (Å²) in [6.07, 6.45) is 1.76. The third-order valence-electron chi connectivity index (χ3n) is 7.80. The molecule has 1 unspecified atom stereocenters. The predicted octanol–water partition coefficient (Wildman–Crippen LogP) is 3.09. The number of nitrogens with zero attached hydrogens (tertiary/aromatic N) is 7. The highest BCUT2D eigenvalue weighted by Crippen LogP contribution is 2.34.